The average Bonchev–Trinajstić information content (AvgIpc) is 2.29. The predicted octanol–water partition coefficient (Wildman–Crippen LogP) is 1.22. The zero-order valence-corrected chi connectivity index (χ0v) is 9.37. The Balaban J connectivity index is 2.93. The zero-order chi connectivity index (χ0) is 10.1. The van der Waals surface area contributed by atoms with E-state index >= 15 is 0 Å². The molecule has 0 spiro atoms. The van der Waals surface area contributed by atoms with Gasteiger partial charge < -0.3 is 0 Å². The van der Waals surface area contributed by atoms with Gasteiger partial charge in [-0.2, -0.15) is 4.37 Å². The van der Waals surface area contributed by atoms with E-state index in [1.807, 2.05) is 0 Å². The maximum absolute atomic E-state index is 11.5. The molecule has 13 heavy (non-hydrogen) atoms. The summed E-state index contributed by atoms with van der Waals surface area (Å²) >= 11 is 1.12. The van der Waals surface area contributed by atoms with Crippen LogP contribution in [-0.2, 0) is 10.0 Å². The molecule has 0 aliphatic heterocycles. The Morgan fingerprint density at radius 3 is 2.46 bits per heavy atom. The van der Waals surface area contributed by atoms with Gasteiger partial charge in [0.2, 0.25) is 0 Å². The first-order valence-electron chi connectivity index (χ1n) is 3.76. The van der Waals surface area contributed by atoms with E-state index in [4.69, 9.17) is 0 Å². The van der Waals surface area contributed by atoms with Crippen molar-refractivity contribution in [2.45, 2.75) is 31.3 Å². The predicted molar refractivity (Wildman–Crippen MR) is 52.2 cm³/mol. The normalized spacial score (nSPS) is 13.2. The van der Waals surface area contributed by atoms with Crippen LogP contribution in [0.4, 0.5) is 0 Å². The van der Waals surface area contributed by atoms with Gasteiger partial charge in [-0.25, -0.2) is 13.1 Å². The Hall–Kier alpha value is -0.460. The van der Waals surface area contributed by atoms with Gasteiger partial charge in [0.05, 0.1) is 0 Å². The van der Waals surface area contributed by atoms with Crippen LogP contribution >= 0.6 is 11.5 Å². The molecule has 0 saturated heterocycles. The molecule has 0 radical (unpaired) electrons. The van der Waals surface area contributed by atoms with Crippen LogP contribution in [0.3, 0.4) is 0 Å². The highest BCUT2D eigenvalue weighted by Crippen LogP contribution is 2.11. The Morgan fingerprint density at radius 1 is 1.46 bits per heavy atom. The van der Waals surface area contributed by atoms with Crippen molar-refractivity contribution in [3.8, 4) is 0 Å². The fourth-order valence-corrected chi connectivity index (χ4v) is 2.98. The molecule has 1 rings (SSSR count). The molecule has 0 aliphatic carbocycles. The van der Waals surface area contributed by atoms with Gasteiger partial charge in [0.1, 0.15) is 0 Å². The highest BCUT2D eigenvalue weighted by molar-refractivity contribution is 7.89. The summed E-state index contributed by atoms with van der Waals surface area (Å²) < 4.78 is 29.4. The molecule has 1 heterocycles. The number of nitrogens with zero attached hydrogens (tertiary/aromatic N) is 1. The van der Waals surface area contributed by atoms with Crippen molar-refractivity contribution < 1.29 is 8.42 Å². The smallest absolute Gasteiger partial charge is 0.205 e. The standard InChI is InChI=1S/C7H12N2O2S2/c1-7(2,3)9-13(10,11)6-4-5-12-8-6/h4-5,9H,1-3H3. The minimum Gasteiger partial charge on any atom is -0.205 e. The summed E-state index contributed by atoms with van der Waals surface area (Å²) in [6, 6.07) is 1.48. The van der Waals surface area contributed by atoms with Gasteiger partial charge >= 0.3 is 0 Å². The van der Waals surface area contributed by atoms with Crippen LogP contribution in [0.1, 0.15) is 20.8 Å². The van der Waals surface area contributed by atoms with Crippen LogP contribution in [0.15, 0.2) is 16.5 Å². The van der Waals surface area contributed by atoms with Crippen molar-refractivity contribution in [2.75, 3.05) is 0 Å². The molecule has 1 N–H and O–H groups in total. The summed E-state index contributed by atoms with van der Waals surface area (Å²) in [5, 5.41) is 1.73. The lowest BCUT2D eigenvalue weighted by Gasteiger charge is -2.19. The second kappa shape index (κ2) is 3.36. The van der Waals surface area contributed by atoms with Gasteiger partial charge in [-0.15, -0.1) is 0 Å². The largest absolute Gasteiger partial charge is 0.259 e. The number of hydrogen-bond acceptors (Lipinski definition) is 4. The van der Waals surface area contributed by atoms with Crippen molar-refractivity contribution in [1.29, 1.82) is 0 Å². The van der Waals surface area contributed by atoms with Crippen molar-refractivity contribution in [3.05, 3.63) is 11.4 Å². The highest BCUT2D eigenvalue weighted by atomic mass is 32.2. The Labute approximate surface area is 82.2 Å². The van der Waals surface area contributed by atoms with Gasteiger partial charge in [-0.1, -0.05) is 0 Å². The molecule has 0 fully saturated rings. The lowest BCUT2D eigenvalue weighted by molar-refractivity contribution is 0.490. The lowest BCUT2D eigenvalue weighted by Crippen LogP contribution is -2.40. The van der Waals surface area contributed by atoms with E-state index in [0.29, 0.717) is 0 Å². The molecule has 0 aliphatic rings. The summed E-state index contributed by atoms with van der Waals surface area (Å²) in [6.07, 6.45) is 0. The molecule has 6 heteroatoms. The molecule has 1 aromatic rings. The molecule has 74 valence electrons. The molecular weight excluding hydrogens is 208 g/mol. The first kappa shape index (κ1) is 10.6. The van der Waals surface area contributed by atoms with Crippen LogP contribution in [0.5, 0.6) is 0 Å². The molecule has 0 aromatic carbocycles. The fourth-order valence-electron chi connectivity index (χ4n) is 0.795. The molecule has 0 saturated carbocycles. The summed E-state index contributed by atoms with van der Waals surface area (Å²) in [7, 11) is -3.43. The van der Waals surface area contributed by atoms with E-state index in [9.17, 15) is 8.42 Å². The first-order valence-corrected chi connectivity index (χ1v) is 6.08. The number of hydrogen-bond donors (Lipinski definition) is 1. The van der Waals surface area contributed by atoms with Crippen molar-refractivity contribution in [3.63, 3.8) is 0 Å². The first-order chi connectivity index (χ1) is 5.81. The molecule has 0 atom stereocenters. The Morgan fingerprint density at radius 2 is 2.08 bits per heavy atom. The van der Waals surface area contributed by atoms with E-state index in [2.05, 4.69) is 9.10 Å². The molecule has 0 amide bonds. The summed E-state index contributed by atoms with van der Waals surface area (Å²) in [5.41, 5.74) is -0.470. The highest BCUT2D eigenvalue weighted by Gasteiger charge is 2.23. The fraction of sp³-hybridized carbons (Fsp3) is 0.571. The SMILES string of the molecule is CC(C)(C)NS(=O)(=O)c1ccsn1. The van der Waals surface area contributed by atoms with Crippen molar-refractivity contribution >= 4 is 21.6 Å². The third kappa shape index (κ3) is 3.06. The van der Waals surface area contributed by atoms with Gasteiger partial charge in [0.25, 0.3) is 10.0 Å². The molecule has 4 nitrogen and oxygen atoms in total. The maximum Gasteiger partial charge on any atom is 0.259 e. The summed E-state index contributed by atoms with van der Waals surface area (Å²) in [6.45, 7) is 5.37. The van der Waals surface area contributed by atoms with Crippen LogP contribution < -0.4 is 4.72 Å². The molecule has 0 bridgehead atoms. The lowest BCUT2D eigenvalue weighted by atomic mass is 10.1. The summed E-state index contributed by atoms with van der Waals surface area (Å²) in [4.78, 5) is 0. The topological polar surface area (TPSA) is 59.1 Å². The third-order valence-electron chi connectivity index (χ3n) is 1.13. The van der Waals surface area contributed by atoms with Crippen LogP contribution in [0, 0.1) is 0 Å². The number of nitrogens with one attached hydrogen (secondary N) is 1. The zero-order valence-electron chi connectivity index (χ0n) is 7.73. The number of aromatic nitrogens is 1. The average molecular weight is 220 g/mol. The van der Waals surface area contributed by atoms with E-state index < -0.39 is 15.6 Å². The second-order valence-corrected chi connectivity index (χ2v) is 5.99. The van der Waals surface area contributed by atoms with Crippen LogP contribution in [0.2, 0.25) is 0 Å². The Kier molecular flexibility index (Phi) is 2.74. The van der Waals surface area contributed by atoms with Gasteiger partial charge in [0, 0.05) is 10.9 Å². The van der Waals surface area contributed by atoms with E-state index in [1.54, 1.807) is 26.2 Å². The molecule has 1 aromatic heterocycles. The minimum absolute atomic E-state index is 0.0902. The number of sulfonamides is 1. The van der Waals surface area contributed by atoms with E-state index in [0.717, 1.165) is 11.5 Å². The molecular formula is C7H12N2O2S2. The van der Waals surface area contributed by atoms with Gasteiger partial charge in [-0.3, -0.25) is 0 Å². The molecule has 0 unspecified atom stereocenters. The monoisotopic (exact) mass is 220 g/mol. The minimum atomic E-state index is -3.43. The second-order valence-electron chi connectivity index (χ2n) is 3.69. The van der Waals surface area contributed by atoms with E-state index in [-0.39, 0.29) is 5.03 Å². The van der Waals surface area contributed by atoms with Gasteiger partial charge in [0.15, 0.2) is 5.03 Å². The van der Waals surface area contributed by atoms with Gasteiger partial charge in [-0.05, 0) is 38.4 Å². The van der Waals surface area contributed by atoms with Crippen molar-refractivity contribution in [2.24, 2.45) is 0 Å². The summed E-state index contributed by atoms with van der Waals surface area (Å²) in [5.74, 6) is 0. The quantitative estimate of drug-likeness (QED) is 0.815. The number of rotatable bonds is 2. The van der Waals surface area contributed by atoms with Crippen molar-refractivity contribution in [1.82, 2.24) is 9.10 Å². The van der Waals surface area contributed by atoms with Crippen LogP contribution in [-0.4, -0.2) is 18.3 Å². The Bertz CT molecular complexity index is 362. The maximum atomic E-state index is 11.5. The van der Waals surface area contributed by atoms with Crippen LogP contribution in [0.25, 0.3) is 0 Å². The van der Waals surface area contributed by atoms with E-state index in [1.165, 1.54) is 6.07 Å². The third-order valence-corrected chi connectivity index (χ3v) is 3.46.